The number of anilines is 1. The van der Waals surface area contributed by atoms with E-state index in [9.17, 15) is 4.79 Å². The minimum absolute atomic E-state index is 0.0368. The smallest absolute Gasteiger partial charge is 0.322 e. The number of carbonyl (C=O) groups excluding carboxylic acids is 1. The molecule has 1 heterocycles. The van der Waals surface area contributed by atoms with Crippen molar-refractivity contribution in [3.05, 3.63) is 12.1 Å². The maximum absolute atomic E-state index is 12.1. The summed E-state index contributed by atoms with van der Waals surface area (Å²) >= 11 is 0. The van der Waals surface area contributed by atoms with Crippen LogP contribution in [0.25, 0.3) is 11.5 Å². The van der Waals surface area contributed by atoms with Gasteiger partial charge >= 0.3 is 6.01 Å². The van der Waals surface area contributed by atoms with Gasteiger partial charge in [0.2, 0.25) is 17.5 Å². The Labute approximate surface area is 159 Å². The lowest BCUT2D eigenvalue weighted by atomic mass is 9.96. The highest BCUT2D eigenvalue weighted by atomic mass is 16.5. The summed E-state index contributed by atoms with van der Waals surface area (Å²) in [5, 5.41) is 10.5. The zero-order valence-electron chi connectivity index (χ0n) is 16.7. The van der Waals surface area contributed by atoms with E-state index in [0.29, 0.717) is 42.6 Å². The van der Waals surface area contributed by atoms with Crippen LogP contribution in [0.4, 0.5) is 6.01 Å². The summed E-state index contributed by atoms with van der Waals surface area (Å²) in [5.41, 5.74) is 0.0343. The number of benzene rings is 1. The van der Waals surface area contributed by atoms with E-state index in [1.807, 2.05) is 20.8 Å². The maximum atomic E-state index is 12.1. The molecule has 27 heavy (non-hydrogen) atoms. The fraction of sp³-hybridized carbons (Fsp3) is 0.526. The largest absolute Gasteiger partial charge is 0.490 e. The van der Waals surface area contributed by atoms with E-state index < -0.39 is 5.41 Å². The van der Waals surface area contributed by atoms with Gasteiger partial charge in [-0.05, 0) is 32.9 Å². The Morgan fingerprint density at radius 2 is 1.56 bits per heavy atom. The van der Waals surface area contributed by atoms with Crippen molar-refractivity contribution in [1.82, 2.24) is 10.2 Å². The minimum Gasteiger partial charge on any atom is -0.490 e. The normalized spacial score (nSPS) is 11.2. The molecular weight excluding hydrogens is 350 g/mol. The lowest BCUT2D eigenvalue weighted by Crippen LogP contribution is -2.27. The molecule has 1 aromatic carbocycles. The van der Waals surface area contributed by atoms with Gasteiger partial charge in [0, 0.05) is 11.0 Å². The van der Waals surface area contributed by atoms with Crippen molar-refractivity contribution < 1.29 is 23.4 Å². The number of ether oxygens (including phenoxy) is 3. The summed E-state index contributed by atoms with van der Waals surface area (Å²) in [6.45, 7) is 12.5. The average molecular weight is 377 g/mol. The van der Waals surface area contributed by atoms with Crippen LogP contribution < -0.4 is 19.5 Å². The van der Waals surface area contributed by atoms with Gasteiger partial charge in [0.1, 0.15) is 0 Å². The molecule has 2 rings (SSSR count). The Morgan fingerprint density at radius 1 is 1.00 bits per heavy atom. The summed E-state index contributed by atoms with van der Waals surface area (Å²) in [7, 11) is 0. The summed E-state index contributed by atoms with van der Waals surface area (Å²) in [6.07, 6.45) is 0. The number of aromatic nitrogens is 2. The minimum atomic E-state index is -0.571. The number of rotatable bonds is 8. The number of hydrogen-bond donors (Lipinski definition) is 1. The number of hydrogen-bond acceptors (Lipinski definition) is 7. The van der Waals surface area contributed by atoms with Crippen LogP contribution in [0.2, 0.25) is 0 Å². The van der Waals surface area contributed by atoms with Gasteiger partial charge in [-0.1, -0.05) is 25.9 Å². The molecule has 0 atom stereocenters. The number of carbonyl (C=O) groups is 1. The van der Waals surface area contributed by atoms with Gasteiger partial charge in [-0.15, -0.1) is 5.10 Å². The molecule has 0 radical (unpaired) electrons. The second-order valence-electron chi connectivity index (χ2n) is 6.72. The molecule has 148 valence electrons. The maximum Gasteiger partial charge on any atom is 0.322 e. The molecule has 8 nitrogen and oxygen atoms in total. The topological polar surface area (TPSA) is 95.7 Å². The summed E-state index contributed by atoms with van der Waals surface area (Å²) in [5.74, 6) is 1.61. The van der Waals surface area contributed by atoms with Crippen LogP contribution in [0.5, 0.6) is 17.2 Å². The lowest BCUT2D eigenvalue weighted by molar-refractivity contribution is -0.123. The summed E-state index contributed by atoms with van der Waals surface area (Å²) in [6, 6.07) is 3.54. The van der Waals surface area contributed by atoms with Crippen LogP contribution in [0.3, 0.4) is 0 Å². The van der Waals surface area contributed by atoms with Crippen LogP contribution in [-0.4, -0.2) is 35.9 Å². The SMILES string of the molecule is CCOc1cc(-c2nnc(NC(=O)C(C)(C)C)o2)cc(OCC)c1OCC. The van der Waals surface area contributed by atoms with E-state index in [4.69, 9.17) is 18.6 Å². The van der Waals surface area contributed by atoms with Crippen LogP contribution in [0.15, 0.2) is 16.5 Å². The van der Waals surface area contributed by atoms with Gasteiger partial charge in [0.15, 0.2) is 11.5 Å². The Kier molecular flexibility index (Phi) is 6.65. The molecule has 1 aromatic heterocycles. The number of amides is 1. The Bertz CT molecular complexity index is 753. The molecule has 2 aromatic rings. The molecular formula is C19H27N3O5. The molecule has 8 heteroatoms. The molecule has 0 spiro atoms. The number of nitrogens with zero attached hydrogens (tertiary/aromatic N) is 2. The Morgan fingerprint density at radius 3 is 2.04 bits per heavy atom. The van der Waals surface area contributed by atoms with Crippen LogP contribution in [0.1, 0.15) is 41.5 Å². The van der Waals surface area contributed by atoms with E-state index in [1.165, 1.54) is 0 Å². The van der Waals surface area contributed by atoms with Crippen molar-refractivity contribution in [2.45, 2.75) is 41.5 Å². The first kappa shape index (κ1) is 20.5. The third kappa shape index (κ3) is 5.12. The molecule has 0 fully saturated rings. The molecule has 0 aliphatic heterocycles. The highest BCUT2D eigenvalue weighted by molar-refractivity contribution is 5.92. The fourth-order valence-electron chi connectivity index (χ4n) is 2.19. The van der Waals surface area contributed by atoms with Crippen molar-refractivity contribution in [3.63, 3.8) is 0 Å². The monoisotopic (exact) mass is 377 g/mol. The molecule has 1 N–H and O–H groups in total. The van der Waals surface area contributed by atoms with Crippen molar-refractivity contribution >= 4 is 11.9 Å². The predicted molar refractivity (Wildman–Crippen MR) is 101 cm³/mol. The van der Waals surface area contributed by atoms with E-state index in [-0.39, 0.29) is 17.8 Å². The first-order valence-electron chi connectivity index (χ1n) is 9.01. The van der Waals surface area contributed by atoms with Crippen LogP contribution in [-0.2, 0) is 4.79 Å². The molecule has 0 aliphatic rings. The third-order valence-electron chi connectivity index (χ3n) is 3.48. The first-order valence-corrected chi connectivity index (χ1v) is 9.01. The highest BCUT2D eigenvalue weighted by Crippen LogP contribution is 2.41. The van der Waals surface area contributed by atoms with Crippen molar-refractivity contribution in [2.75, 3.05) is 25.1 Å². The van der Waals surface area contributed by atoms with Crippen LogP contribution in [0, 0.1) is 5.41 Å². The molecule has 0 bridgehead atoms. The molecule has 0 aliphatic carbocycles. The molecule has 0 unspecified atom stereocenters. The third-order valence-corrected chi connectivity index (χ3v) is 3.48. The van der Waals surface area contributed by atoms with Gasteiger partial charge in [-0.3, -0.25) is 10.1 Å². The Hall–Kier alpha value is -2.77. The quantitative estimate of drug-likeness (QED) is 0.745. The molecule has 1 amide bonds. The van der Waals surface area contributed by atoms with E-state index >= 15 is 0 Å². The highest BCUT2D eigenvalue weighted by Gasteiger charge is 2.24. The van der Waals surface area contributed by atoms with Crippen molar-refractivity contribution in [3.8, 4) is 28.7 Å². The summed E-state index contributed by atoms with van der Waals surface area (Å²) in [4.78, 5) is 12.1. The average Bonchev–Trinajstić information content (AvgIpc) is 3.05. The number of nitrogens with one attached hydrogen (secondary N) is 1. The van der Waals surface area contributed by atoms with Gasteiger partial charge in [0.25, 0.3) is 0 Å². The van der Waals surface area contributed by atoms with E-state index in [2.05, 4.69) is 15.5 Å². The van der Waals surface area contributed by atoms with Gasteiger partial charge in [-0.25, -0.2) is 0 Å². The van der Waals surface area contributed by atoms with Crippen LogP contribution >= 0.6 is 0 Å². The van der Waals surface area contributed by atoms with E-state index in [1.54, 1.807) is 32.9 Å². The van der Waals surface area contributed by atoms with Crippen molar-refractivity contribution in [1.29, 1.82) is 0 Å². The molecule has 0 saturated heterocycles. The summed E-state index contributed by atoms with van der Waals surface area (Å²) < 4.78 is 22.7. The second-order valence-corrected chi connectivity index (χ2v) is 6.72. The lowest BCUT2D eigenvalue weighted by Gasteiger charge is -2.16. The van der Waals surface area contributed by atoms with Gasteiger partial charge < -0.3 is 18.6 Å². The molecule has 0 saturated carbocycles. The van der Waals surface area contributed by atoms with E-state index in [0.717, 1.165) is 0 Å². The van der Waals surface area contributed by atoms with Gasteiger partial charge in [-0.2, -0.15) is 0 Å². The fourth-order valence-corrected chi connectivity index (χ4v) is 2.19. The zero-order chi connectivity index (χ0) is 20.0. The standard InChI is InChI=1S/C19H27N3O5/c1-7-24-13-10-12(11-14(25-8-2)15(13)26-9-3)16-21-22-18(27-16)20-17(23)19(4,5)6/h10-11H,7-9H2,1-6H3,(H,20,22,23). The van der Waals surface area contributed by atoms with Gasteiger partial charge in [0.05, 0.1) is 19.8 Å². The van der Waals surface area contributed by atoms with Crippen molar-refractivity contribution in [2.24, 2.45) is 5.41 Å². The first-order chi connectivity index (χ1) is 12.8. The second kappa shape index (κ2) is 8.75. The predicted octanol–water partition coefficient (Wildman–Crippen LogP) is 3.92. The zero-order valence-corrected chi connectivity index (χ0v) is 16.7. The Balaban J connectivity index is 2.39.